The van der Waals surface area contributed by atoms with Crippen molar-refractivity contribution in [1.29, 1.82) is 0 Å². The third-order valence-electron chi connectivity index (χ3n) is 6.21. The summed E-state index contributed by atoms with van der Waals surface area (Å²) in [5.74, 6) is 1.55. The first-order chi connectivity index (χ1) is 12.8. The lowest BCUT2D eigenvalue weighted by Gasteiger charge is -2.32. The number of nitrogens with zero attached hydrogens (tertiary/aromatic N) is 1. The van der Waals surface area contributed by atoms with Crippen molar-refractivity contribution in [2.24, 2.45) is 5.92 Å². The van der Waals surface area contributed by atoms with E-state index in [4.69, 9.17) is 18.8 Å². The van der Waals surface area contributed by atoms with Crippen LogP contribution in [0.15, 0.2) is 24.3 Å². The van der Waals surface area contributed by atoms with Crippen molar-refractivity contribution in [2.45, 2.75) is 51.7 Å². The summed E-state index contributed by atoms with van der Waals surface area (Å²) in [6, 6.07) is 8.14. The number of benzene rings is 1. The Morgan fingerprint density at radius 2 is 1.63 bits per heavy atom. The SMILES string of the molecule is COCCN1CCC(COc2ccc(B3OC(C)(C)C(C)(C)O3)cc2)CC1. The van der Waals surface area contributed by atoms with Crippen LogP contribution in [0.25, 0.3) is 0 Å². The second-order valence-corrected chi connectivity index (χ2v) is 8.75. The van der Waals surface area contributed by atoms with Crippen molar-refractivity contribution in [1.82, 2.24) is 4.90 Å². The summed E-state index contributed by atoms with van der Waals surface area (Å²) in [5, 5.41) is 0. The zero-order valence-corrected chi connectivity index (χ0v) is 17.5. The number of hydrogen-bond donors (Lipinski definition) is 0. The number of rotatable bonds is 7. The lowest BCUT2D eigenvalue weighted by Crippen LogP contribution is -2.41. The van der Waals surface area contributed by atoms with Crippen molar-refractivity contribution < 1.29 is 18.8 Å². The average Bonchev–Trinajstić information content (AvgIpc) is 2.87. The molecular weight excluding hydrogens is 341 g/mol. The Labute approximate surface area is 164 Å². The quantitative estimate of drug-likeness (QED) is 0.686. The van der Waals surface area contributed by atoms with Gasteiger partial charge in [-0.3, -0.25) is 0 Å². The Morgan fingerprint density at radius 1 is 1.04 bits per heavy atom. The molecule has 0 aliphatic carbocycles. The van der Waals surface area contributed by atoms with Gasteiger partial charge in [0.1, 0.15) is 5.75 Å². The van der Waals surface area contributed by atoms with E-state index in [1.54, 1.807) is 7.11 Å². The van der Waals surface area contributed by atoms with Gasteiger partial charge in [0.25, 0.3) is 0 Å². The molecule has 0 unspecified atom stereocenters. The van der Waals surface area contributed by atoms with E-state index in [2.05, 4.69) is 32.6 Å². The third kappa shape index (κ3) is 5.05. The summed E-state index contributed by atoms with van der Waals surface area (Å²) in [6.07, 6.45) is 2.38. The first-order valence-electron chi connectivity index (χ1n) is 10.1. The van der Waals surface area contributed by atoms with Crippen molar-refractivity contribution in [2.75, 3.05) is 40.0 Å². The maximum Gasteiger partial charge on any atom is 0.494 e. The van der Waals surface area contributed by atoms with E-state index in [-0.39, 0.29) is 18.3 Å². The lowest BCUT2D eigenvalue weighted by molar-refractivity contribution is 0.00578. The van der Waals surface area contributed by atoms with Gasteiger partial charge in [-0.2, -0.15) is 0 Å². The summed E-state index contributed by atoms with van der Waals surface area (Å²) in [7, 11) is 1.44. The zero-order chi connectivity index (χ0) is 19.5. The van der Waals surface area contributed by atoms with E-state index in [0.29, 0.717) is 5.92 Å². The Morgan fingerprint density at radius 3 is 2.19 bits per heavy atom. The van der Waals surface area contributed by atoms with Crippen LogP contribution in [0.4, 0.5) is 0 Å². The molecule has 0 aromatic heterocycles. The number of ether oxygens (including phenoxy) is 2. The standard InChI is InChI=1S/C21H34BNO4/c1-20(2)21(3,4)27-22(26-20)18-6-8-19(9-7-18)25-16-17-10-12-23(13-11-17)14-15-24-5/h6-9,17H,10-16H2,1-5H3. The number of hydrogen-bond acceptors (Lipinski definition) is 5. The van der Waals surface area contributed by atoms with Gasteiger partial charge in [-0.1, -0.05) is 12.1 Å². The molecule has 0 atom stereocenters. The number of methoxy groups -OCH3 is 1. The van der Waals surface area contributed by atoms with Gasteiger partial charge in [-0.25, -0.2) is 0 Å². The molecule has 150 valence electrons. The molecule has 2 aliphatic heterocycles. The molecule has 0 radical (unpaired) electrons. The largest absolute Gasteiger partial charge is 0.494 e. The van der Waals surface area contributed by atoms with Crippen LogP contribution in [0.3, 0.4) is 0 Å². The second kappa shape index (κ2) is 8.52. The summed E-state index contributed by atoms with van der Waals surface area (Å²) >= 11 is 0. The fraction of sp³-hybridized carbons (Fsp3) is 0.714. The number of likely N-dealkylation sites (tertiary alicyclic amines) is 1. The van der Waals surface area contributed by atoms with E-state index >= 15 is 0 Å². The van der Waals surface area contributed by atoms with Crippen LogP contribution in [0.1, 0.15) is 40.5 Å². The fourth-order valence-corrected chi connectivity index (χ4v) is 3.51. The van der Waals surface area contributed by atoms with Crippen LogP contribution in [-0.2, 0) is 14.0 Å². The maximum absolute atomic E-state index is 6.11. The van der Waals surface area contributed by atoms with Crippen molar-refractivity contribution in [3.63, 3.8) is 0 Å². The molecule has 2 saturated heterocycles. The van der Waals surface area contributed by atoms with E-state index in [1.165, 1.54) is 12.8 Å². The summed E-state index contributed by atoms with van der Waals surface area (Å²) in [5.41, 5.74) is 0.406. The summed E-state index contributed by atoms with van der Waals surface area (Å²) in [6.45, 7) is 13.2. The van der Waals surface area contributed by atoms with E-state index in [9.17, 15) is 0 Å². The van der Waals surface area contributed by atoms with Gasteiger partial charge in [-0.05, 0) is 77.1 Å². The molecule has 27 heavy (non-hydrogen) atoms. The average molecular weight is 375 g/mol. The molecular formula is C21H34BNO4. The van der Waals surface area contributed by atoms with Gasteiger partial charge < -0.3 is 23.7 Å². The van der Waals surface area contributed by atoms with Gasteiger partial charge >= 0.3 is 7.12 Å². The molecule has 0 spiro atoms. The monoisotopic (exact) mass is 375 g/mol. The minimum absolute atomic E-state index is 0.315. The second-order valence-electron chi connectivity index (χ2n) is 8.75. The van der Waals surface area contributed by atoms with Crippen LogP contribution in [0.5, 0.6) is 5.75 Å². The Kier molecular flexibility index (Phi) is 6.52. The molecule has 6 heteroatoms. The van der Waals surface area contributed by atoms with Crippen LogP contribution in [-0.4, -0.2) is 63.2 Å². The normalized spacial score (nSPS) is 22.9. The van der Waals surface area contributed by atoms with Gasteiger partial charge in [0.2, 0.25) is 0 Å². The zero-order valence-electron chi connectivity index (χ0n) is 17.5. The highest BCUT2D eigenvalue weighted by atomic mass is 16.7. The first kappa shape index (κ1) is 20.7. The molecule has 5 nitrogen and oxygen atoms in total. The van der Waals surface area contributed by atoms with Crippen molar-refractivity contribution in [3.05, 3.63) is 24.3 Å². The van der Waals surface area contributed by atoms with Crippen molar-refractivity contribution >= 4 is 12.6 Å². The van der Waals surface area contributed by atoms with Crippen molar-refractivity contribution in [3.8, 4) is 5.75 Å². The van der Waals surface area contributed by atoms with Crippen LogP contribution < -0.4 is 10.2 Å². The molecule has 0 amide bonds. The van der Waals surface area contributed by atoms with Gasteiger partial charge in [0.05, 0.1) is 24.4 Å². The maximum atomic E-state index is 6.11. The molecule has 2 aliphatic rings. The summed E-state index contributed by atoms with van der Waals surface area (Å²) < 4.78 is 23.4. The Bertz CT molecular complexity index is 581. The van der Waals surface area contributed by atoms with Gasteiger partial charge in [0, 0.05) is 13.7 Å². The highest BCUT2D eigenvalue weighted by molar-refractivity contribution is 6.62. The first-order valence-corrected chi connectivity index (χ1v) is 10.1. The minimum atomic E-state index is -0.319. The Hall–Kier alpha value is -1.08. The third-order valence-corrected chi connectivity index (χ3v) is 6.21. The predicted octanol–water partition coefficient (Wildman–Crippen LogP) is 2.72. The highest BCUT2D eigenvalue weighted by Crippen LogP contribution is 2.36. The molecule has 3 rings (SSSR count). The summed E-state index contributed by atoms with van der Waals surface area (Å²) in [4.78, 5) is 2.47. The van der Waals surface area contributed by atoms with E-state index < -0.39 is 0 Å². The molecule has 0 N–H and O–H groups in total. The molecule has 2 heterocycles. The van der Waals surface area contributed by atoms with E-state index in [1.807, 2.05) is 24.3 Å². The predicted molar refractivity (Wildman–Crippen MR) is 109 cm³/mol. The van der Waals surface area contributed by atoms with Gasteiger partial charge in [-0.15, -0.1) is 0 Å². The molecule has 1 aromatic carbocycles. The molecule has 2 fully saturated rings. The van der Waals surface area contributed by atoms with Crippen LogP contribution in [0.2, 0.25) is 0 Å². The highest BCUT2D eigenvalue weighted by Gasteiger charge is 2.51. The van der Waals surface area contributed by atoms with Gasteiger partial charge in [0.15, 0.2) is 0 Å². The minimum Gasteiger partial charge on any atom is -0.493 e. The fourth-order valence-electron chi connectivity index (χ4n) is 3.51. The van der Waals surface area contributed by atoms with Crippen LogP contribution in [0, 0.1) is 5.92 Å². The van der Waals surface area contributed by atoms with E-state index in [0.717, 1.165) is 44.1 Å². The molecule has 1 aromatic rings. The smallest absolute Gasteiger partial charge is 0.493 e. The number of piperidine rings is 1. The molecule has 0 saturated carbocycles. The van der Waals surface area contributed by atoms with Crippen LogP contribution >= 0.6 is 0 Å². The lowest BCUT2D eigenvalue weighted by atomic mass is 9.79. The molecule has 0 bridgehead atoms. The topological polar surface area (TPSA) is 40.2 Å². The Balaban J connectivity index is 1.45.